The molecule has 0 bridgehead atoms. The predicted molar refractivity (Wildman–Crippen MR) is 88.5 cm³/mol. The van der Waals surface area contributed by atoms with Crippen LogP contribution in [-0.2, 0) is 23.2 Å². The van der Waals surface area contributed by atoms with E-state index in [0.29, 0.717) is 18.1 Å². The summed E-state index contributed by atoms with van der Waals surface area (Å²) in [5.74, 6) is -0.0117. The summed E-state index contributed by atoms with van der Waals surface area (Å²) in [5, 5.41) is 6.86. The maximum Gasteiger partial charge on any atom is 0.260 e. The van der Waals surface area contributed by atoms with Crippen LogP contribution in [0.25, 0.3) is 0 Å². The lowest BCUT2D eigenvalue weighted by Gasteiger charge is -2.16. The summed E-state index contributed by atoms with van der Waals surface area (Å²) in [5.41, 5.74) is 2.46. The normalized spacial score (nSPS) is 10.3. The highest BCUT2D eigenvalue weighted by Gasteiger charge is 2.13. The third kappa shape index (κ3) is 4.80. The fourth-order valence-electron chi connectivity index (χ4n) is 2.14. The largest absolute Gasteiger partial charge is 0.468 e. The molecule has 128 valence electrons. The van der Waals surface area contributed by atoms with Gasteiger partial charge in [-0.3, -0.25) is 14.3 Å². The summed E-state index contributed by atoms with van der Waals surface area (Å²) in [6, 6.07) is 3.26. The number of hydrogen-bond donors (Lipinski definition) is 1. The van der Waals surface area contributed by atoms with Gasteiger partial charge in [-0.05, 0) is 13.0 Å². The third-order valence-electron chi connectivity index (χ3n) is 3.35. The number of nitrogens with one attached hydrogen (secondary N) is 1. The molecule has 2 aromatic rings. The molecule has 2 aromatic heterocycles. The van der Waals surface area contributed by atoms with Crippen LogP contribution in [-0.4, -0.2) is 45.1 Å². The van der Waals surface area contributed by atoms with Crippen LogP contribution in [0.1, 0.15) is 18.2 Å². The van der Waals surface area contributed by atoms with E-state index in [4.69, 9.17) is 4.74 Å². The number of pyridine rings is 1. The second-order valence-electron chi connectivity index (χ2n) is 5.52. The summed E-state index contributed by atoms with van der Waals surface area (Å²) < 4.78 is 7.11. The lowest BCUT2D eigenvalue weighted by atomic mass is 10.2. The van der Waals surface area contributed by atoms with Crippen LogP contribution in [0.15, 0.2) is 24.5 Å². The molecular weight excluding hydrogens is 310 g/mol. The molecule has 8 nitrogen and oxygen atoms in total. The molecule has 8 heteroatoms. The first-order valence-electron chi connectivity index (χ1n) is 7.44. The van der Waals surface area contributed by atoms with E-state index in [1.54, 1.807) is 28.8 Å². The standard InChI is InChI=1S/C16H21N5O3/c1-11-13(9-21(4)19-11)8-20(3)16(23)10-24-15-6-5-14(7-17-15)18-12(2)22/h5-7,9H,8,10H2,1-4H3,(H,18,22). The number of nitrogens with zero attached hydrogens (tertiary/aromatic N) is 4. The van der Waals surface area contributed by atoms with Crippen molar-refractivity contribution >= 4 is 17.5 Å². The lowest BCUT2D eigenvalue weighted by molar-refractivity contribution is -0.132. The Morgan fingerprint density at radius 1 is 1.38 bits per heavy atom. The van der Waals surface area contributed by atoms with Crippen molar-refractivity contribution in [2.24, 2.45) is 7.05 Å². The van der Waals surface area contributed by atoms with Gasteiger partial charge in [-0.1, -0.05) is 0 Å². The van der Waals surface area contributed by atoms with Gasteiger partial charge in [-0.2, -0.15) is 5.10 Å². The molecule has 0 spiro atoms. The number of aryl methyl sites for hydroxylation is 2. The van der Waals surface area contributed by atoms with E-state index in [9.17, 15) is 9.59 Å². The first kappa shape index (κ1) is 17.5. The molecule has 24 heavy (non-hydrogen) atoms. The van der Waals surface area contributed by atoms with E-state index < -0.39 is 0 Å². The molecule has 0 aliphatic carbocycles. The maximum absolute atomic E-state index is 12.1. The molecule has 0 aliphatic heterocycles. The van der Waals surface area contributed by atoms with Crippen molar-refractivity contribution in [1.82, 2.24) is 19.7 Å². The summed E-state index contributed by atoms with van der Waals surface area (Å²) in [7, 11) is 3.56. The van der Waals surface area contributed by atoms with Gasteiger partial charge in [0.15, 0.2) is 6.61 Å². The quantitative estimate of drug-likeness (QED) is 0.857. The molecular formula is C16H21N5O3. The summed E-state index contributed by atoms with van der Waals surface area (Å²) in [6.07, 6.45) is 3.37. The Morgan fingerprint density at radius 2 is 2.12 bits per heavy atom. The van der Waals surface area contributed by atoms with Gasteiger partial charge in [-0.15, -0.1) is 0 Å². The van der Waals surface area contributed by atoms with Gasteiger partial charge in [0, 0.05) is 45.4 Å². The van der Waals surface area contributed by atoms with Crippen LogP contribution >= 0.6 is 0 Å². The van der Waals surface area contributed by atoms with Crippen LogP contribution < -0.4 is 10.1 Å². The highest BCUT2D eigenvalue weighted by Crippen LogP contribution is 2.12. The molecule has 2 rings (SSSR count). The fraction of sp³-hybridized carbons (Fsp3) is 0.375. The molecule has 0 saturated heterocycles. The molecule has 0 saturated carbocycles. The van der Waals surface area contributed by atoms with Gasteiger partial charge in [0.25, 0.3) is 5.91 Å². The van der Waals surface area contributed by atoms with Crippen molar-refractivity contribution in [1.29, 1.82) is 0 Å². The number of aromatic nitrogens is 3. The summed E-state index contributed by atoms with van der Waals surface area (Å²) >= 11 is 0. The topological polar surface area (TPSA) is 89.4 Å². The van der Waals surface area contributed by atoms with Gasteiger partial charge >= 0.3 is 0 Å². The van der Waals surface area contributed by atoms with E-state index >= 15 is 0 Å². The number of hydrogen-bond acceptors (Lipinski definition) is 5. The molecule has 0 atom stereocenters. The van der Waals surface area contributed by atoms with Crippen LogP contribution in [0.2, 0.25) is 0 Å². The molecule has 0 aliphatic rings. The van der Waals surface area contributed by atoms with Gasteiger partial charge in [0.05, 0.1) is 17.6 Å². The van der Waals surface area contributed by atoms with Gasteiger partial charge in [0.2, 0.25) is 11.8 Å². The number of anilines is 1. The molecule has 1 N–H and O–H groups in total. The van der Waals surface area contributed by atoms with E-state index in [-0.39, 0.29) is 18.4 Å². The van der Waals surface area contributed by atoms with Crippen molar-refractivity contribution < 1.29 is 14.3 Å². The number of carbonyl (C=O) groups excluding carboxylic acids is 2. The highest BCUT2D eigenvalue weighted by atomic mass is 16.5. The average Bonchev–Trinajstić information content (AvgIpc) is 2.83. The van der Waals surface area contributed by atoms with Crippen molar-refractivity contribution in [3.8, 4) is 5.88 Å². The molecule has 0 unspecified atom stereocenters. The zero-order valence-electron chi connectivity index (χ0n) is 14.2. The van der Waals surface area contributed by atoms with Gasteiger partial charge < -0.3 is 15.0 Å². The van der Waals surface area contributed by atoms with Crippen LogP contribution in [0.3, 0.4) is 0 Å². The predicted octanol–water partition coefficient (Wildman–Crippen LogP) is 1.12. The first-order valence-corrected chi connectivity index (χ1v) is 7.44. The summed E-state index contributed by atoms with van der Waals surface area (Å²) in [6.45, 7) is 3.69. The first-order chi connectivity index (χ1) is 11.3. The Balaban J connectivity index is 1.85. The second kappa shape index (κ2) is 7.58. The van der Waals surface area contributed by atoms with E-state index in [1.165, 1.54) is 13.1 Å². The van der Waals surface area contributed by atoms with Crippen LogP contribution in [0, 0.1) is 6.92 Å². The Kier molecular flexibility index (Phi) is 5.51. The SMILES string of the molecule is CC(=O)Nc1ccc(OCC(=O)N(C)Cc2cn(C)nc2C)nc1. The van der Waals surface area contributed by atoms with Crippen LogP contribution in [0.4, 0.5) is 5.69 Å². The highest BCUT2D eigenvalue weighted by molar-refractivity contribution is 5.88. The Labute approximate surface area is 140 Å². The minimum absolute atomic E-state index is 0.109. The zero-order valence-corrected chi connectivity index (χ0v) is 14.2. The Bertz CT molecular complexity index is 724. The summed E-state index contributed by atoms with van der Waals surface area (Å²) in [4.78, 5) is 28.7. The molecule has 2 amide bonds. The number of likely N-dealkylation sites (N-methyl/N-ethyl adjacent to an activating group) is 1. The third-order valence-corrected chi connectivity index (χ3v) is 3.35. The minimum Gasteiger partial charge on any atom is -0.468 e. The lowest BCUT2D eigenvalue weighted by Crippen LogP contribution is -2.31. The van der Waals surface area contributed by atoms with E-state index in [2.05, 4.69) is 15.4 Å². The van der Waals surface area contributed by atoms with E-state index in [1.807, 2.05) is 20.2 Å². The minimum atomic E-state index is -0.173. The van der Waals surface area contributed by atoms with Crippen molar-refractivity contribution in [2.75, 3.05) is 19.0 Å². The maximum atomic E-state index is 12.1. The Hall–Kier alpha value is -2.90. The zero-order chi connectivity index (χ0) is 17.7. The number of rotatable bonds is 6. The van der Waals surface area contributed by atoms with Crippen molar-refractivity contribution in [3.63, 3.8) is 0 Å². The van der Waals surface area contributed by atoms with Crippen LogP contribution in [0.5, 0.6) is 5.88 Å². The molecule has 2 heterocycles. The monoisotopic (exact) mass is 331 g/mol. The second-order valence-corrected chi connectivity index (χ2v) is 5.52. The Morgan fingerprint density at radius 3 is 2.67 bits per heavy atom. The number of ether oxygens (including phenoxy) is 1. The van der Waals surface area contributed by atoms with E-state index in [0.717, 1.165) is 11.3 Å². The van der Waals surface area contributed by atoms with Gasteiger partial charge in [0.1, 0.15) is 0 Å². The molecule has 0 radical (unpaired) electrons. The van der Waals surface area contributed by atoms with Crippen molar-refractivity contribution in [3.05, 3.63) is 35.8 Å². The number of carbonyl (C=O) groups is 2. The fourth-order valence-corrected chi connectivity index (χ4v) is 2.14. The smallest absolute Gasteiger partial charge is 0.260 e. The van der Waals surface area contributed by atoms with Crippen molar-refractivity contribution in [2.45, 2.75) is 20.4 Å². The van der Waals surface area contributed by atoms with Gasteiger partial charge in [-0.25, -0.2) is 4.98 Å². The molecule has 0 fully saturated rings. The molecule has 0 aromatic carbocycles. The number of amides is 2. The average molecular weight is 331 g/mol.